The summed E-state index contributed by atoms with van der Waals surface area (Å²) >= 11 is 12.6. The molecule has 0 radical (unpaired) electrons. The molecular formula is C26H27Cl2N3O4S. The summed E-state index contributed by atoms with van der Waals surface area (Å²) < 4.78 is 28.3. The van der Waals surface area contributed by atoms with Gasteiger partial charge in [-0.15, -0.1) is 0 Å². The zero-order chi connectivity index (χ0) is 26.5. The Balaban J connectivity index is 2.06. The molecule has 1 unspecified atom stereocenters. The highest BCUT2D eigenvalue weighted by Gasteiger charge is 2.33. The molecule has 0 saturated carbocycles. The molecule has 190 valence electrons. The third kappa shape index (κ3) is 6.19. The molecule has 7 nitrogen and oxygen atoms in total. The summed E-state index contributed by atoms with van der Waals surface area (Å²) in [5.74, 6) is -0.962. The maximum atomic E-state index is 13.7. The third-order valence-electron chi connectivity index (χ3n) is 5.70. The van der Waals surface area contributed by atoms with E-state index in [1.807, 2.05) is 31.2 Å². The van der Waals surface area contributed by atoms with Crippen molar-refractivity contribution in [2.75, 3.05) is 17.9 Å². The van der Waals surface area contributed by atoms with Gasteiger partial charge in [-0.1, -0.05) is 77.3 Å². The molecule has 1 atom stereocenters. The highest BCUT2D eigenvalue weighted by Crippen LogP contribution is 2.35. The number of halogens is 2. The van der Waals surface area contributed by atoms with Gasteiger partial charge in [0.2, 0.25) is 11.8 Å². The first kappa shape index (κ1) is 27.5. The fourth-order valence-electron chi connectivity index (χ4n) is 3.60. The number of aryl methyl sites for hydroxylation is 1. The predicted molar refractivity (Wildman–Crippen MR) is 143 cm³/mol. The number of hydrogen-bond donors (Lipinski definition) is 1. The first-order chi connectivity index (χ1) is 17.1. The van der Waals surface area contributed by atoms with Crippen molar-refractivity contribution in [1.82, 2.24) is 10.2 Å². The molecule has 0 aliphatic rings. The Morgan fingerprint density at radius 2 is 1.58 bits per heavy atom. The van der Waals surface area contributed by atoms with Crippen LogP contribution in [0.2, 0.25) is 10.0 Å². The summed E-state index contributed by atoms with van der Waals surface area (Å²) in [6.07, 6.45) is 0. The van der Waals surface area contributed by atoms with Crippen molar-refractivity contribution in [2.45, 2.75) is 31.3 Å². The molecule has 0 fully saturated rings. The molecule has 0 bridgehead atoms. The number of nitrogens with one attached hydrogen (secondary N) is 1. The van der Waals surface area contributed by atoms with E-state index in [0.717, 1.165) is 15.4 Å². The van der Waals surface area contributed by atoms with E-state index < -0.39 is 28.5 Å². The number of hydrogen-bond acceptors (Lipinski definition) is 4. The van der Waals surface area contributed by atoms with Gasteiger partial charge >= 0.3 is 0 Å². The zero-order valence-corrected chi connectivity index (χ0v) is 22.4. The van der Waals surface area contributed by atoms with Gasteiger partial charge in [0.1, 0.15) is 12.6 Å². The van der Waals surface area contributed by atoms with Crippen molar-refractivity contribution in [2.24, 2.45) is 0 Å². The lowest BCUT2D eigenvalue weighted by Gasteiger charge is -2.32. The molecular weight excluding hydrogens is 521 g/mol. The van der Waals surface area contributed by atoms with Crippen molar-refractivity contribution in [3.63, 3.8) is 0 Å². The van der Waals surface area contributed by atoms with Crippen LogP contribution in [0.1, 0.15) is 18.1 Å². The van der Waals surface area contributed by atoms with Crippen LogP contribution in [0.5, 0.6) is 0 Å². The Morgan fingerprint density at radius 3 is 2.19 bits per heavy atom. The van der Waals surface area contributed by atoms with E-state index >= 15 is 0 Å². The second-order valence-corrected chi connectivity index (χ2v) is 10.8. The smallest absolute Gasteiger partial charge is 0.264 e. The average molecular weight is 548 g/mol. The van der Waals surface area contributed by atoms with E-state index in [9.17, 15) is 18.0 Å². The maximum absolute atomic E-state index is 13.7. The highest BCUT2D eigenvalue weighted by molar-refractivity contribution is 7.92. The summed E-state index contributed by atoms with van der Waals surface area (Å²) in [7, 11) is -2.73. The molecule has 3 aromatic carbocycles. The second kappa shape index (κ2) is 11.8. The van der Waals surface area contributed by atoms with Gasteiger partial charge in [0.15, 0.2) is 0 Å². The maximum Gasteiger partial charge on any atom is 0.264 e. The lowest BCUT2D eigenvalue weighted by atomic mass is 10.1. The van der Waals surface area contributed by atoms with Crippen LogP contribution in [0.15, 0.2) is 77.7 Å². The lowest BCUT2D eigenvalue weighted by Crippen LogP contribution is -2.50. The van der Waals surface area contributed by atoms with Crippen LogP contribution in [-0.2, 0) is 26.2 Å². The Hall–Kier alpha value is -3.07. The fourth-order valence-corrected chi connectivity index (χ4v) is 5.49. The van der Waals surface area contributed by atoms with Crippen LogP contribution in [0.4, 0.5) is 5.69 Å². The monoisotopic (exact) mass is 547 g/mol. The predicted octanol–water partition coefficient (Wildman–Crippen LogP) is 4.66. The fraction of sp³-hybridized carbons (Fsp3) is 0.231. The molecule has 1 N–H and O–H groups in total. The number of benzene rings is 3. The molecule has 0 spiro atoms. The number of rotatable bonds is 9. The summed E-state index contributed by atoms with van der Waals surface area (Å²) in [6.45, 7) is 3.05. The number of carbonyl (C=O) groups is 2. The van der Waals surface area contributed by atoms with Crippen LogP contribution < -0.4 is 9.62 Å². The Kier molecular flexibility index (Phi) is 9.00. The molecule has 0 saturated heterocycles. The summed E-state index contributed by atoms with van der Waals surface area (Å²) in [6, 6.07) is 19.0. The largest absolute Gasteiger partial charge is 0.357 e. The number of likely N-dealkylation sites (N-methyl/N-ethyl adjacent to an activating group) is 1. The second-order valence-electron chi connectivity index (χ2n) is 8.20. The normalized spacial score (nSPS) is 12.0. The van der Waals surface area contributed by atoms with Crippen LogP contribution >= 0.6 is 23.2 Å². The minimum absolute atomic E-state index is 0.00379. The van der Waals surface area contributed by atoms with Crippen LogP contribution in [0.3, 0.4) is 0 Å². The highest BCUT2D eigenvalue weighted by atomic mass is 35.5. The van der Waals surface area contributed by atoms with Gasteiger partial charge in [0.05, 0.1) is 20.6 Å². The summed E-state index contributed by atoms with van der Waals surface area (Å²) in [5, 5.41) is 2.69. The molecule has 10 heteroatoms. The van der Waals surface area contributed by atoms with Gasteiger partial charge < -0.3 is 10.2 Å². The van der Waals surface area contributed by atoms with Crippen molar-refractivity contribution >= 4 is 50.7 Å². The van der Waals surface area contributed by atoms with Gasteiger partial charge in [0, 0.05) is 13.6 Å². The summed E-state index contributed by atoms with van der Waals surface area (Å²) in [4.78, 5) is 27.5. The minimum Gasteiger partial charge on any atom is -0.357 e. The van der Waals surface area contributed by atoms with Crippen LogP contribution in [-0.4, -0.2) is 44.8 Å². The topological polar surface area (TPSA) is 86.8 Å². The van der Waals surface area contributed by atoms with Crippen molar-refractivity contribution in [3.05, 3.63) is 94.0 Å². The number of amides is 2. The third-order valence-corrected chi connectivity index (χ3v) is 8.28. The van der Waals surface area contributed by atoms with Crippen molar-refractivity contribution in [1.29, 1.82) is 0 Å². The van der Waals surface area contributed by atoms with E-state index in [2.05, 4.69) is 5.32 Å². The SMILES string of the molecule is CNC(=O)C(C)N(Cc1ccc(C)cc1)C(=O)CN(c1cccc(Cl)c1Cl)S(=O)(=O)c1ccccc1. The first-order valence-corrected chi connectivity index (χ1v) is 13.3. The van der Waals surface area contributed by atoms with Crippen LogP contribution in [0, 0.1) is 6.92 Å². The molecule has 0 aliphatic heterocycles. The first-order valence-electron chi connectivity index (χ1n) is 11.1. The molecule has 0 heterocycles. The van der Waals surface area contributed by atoms with E-state index in [4.69, 9.17) is 23.2 Å². The quantitative estimate of drug-likeness (QED) is 0.422. The van der Waals surface area contributed by atoms with Gasteiger partial charge in [0.25, 0.3) is 10.0 Å². The van der Waals surface area contributed by atoms with E-state index in [1.54, 1.807) is 31.2 Å². The van der Waals surface area contributed by atoms with E-state index in [0.29, 0.717) is 0 Å². The number of carbonyl (C=O) groups excluding carboxylic acids is 2. The standard InChI is InChI=1S/C26H27Cl2N3O4S/c1-18-12-14-20(15-13-18)16-30(19(2)26(33)29-3)24(32)17-31(23-11-7-10-22(27)25(23)28)36(34,35)21-8-5-4-6-9-21/h4-15,19H,16-17H2,1-3H3,(H,29,33). The summed E-state index contributed by atoms with van der Waals surface area (Å²) in [5.41, 5.74) is 1.90. The Bertz CT molecular complexity index is 1330. The zero-order valence-electron chi connectivity index (χ0n) is 20.1. The molecule has 0 aromatic heterocycles. The average Bonchev–Trinajstić information content (AvgIpc) is 2.88. The van der Waals surface area contributed by atoms with Crippen LogP contribution in [0.25, 0.3) is 0 Å². The van der Waals surface area contributed by atoms with Gasteiger partial charge in [-0.25, -0.2) is 8.42 Å². The van der Waals surface area contributed by atoms with Gasteiger partial charge in [-0.3, -0.25) is 13.9 Å². The molecule has 0 aliphatic carbocycles. The Labute approximate surface area is 221 Å². The Morgan fingerprint density at radius 1 is 0.944 bits per heavy atom. The molecule has 3 aromatic rings. The van der Waals surface area contributed by atoms with Crippen molar-refractivity contribution in [3.8, 4) is 0 Å². The minimum atomic E-state index is -4.21. The number of sulfonamides is 1. The van der Waals surface area contributed by atoms with E-state index in [1.165, 1.54) is 36.2 Å². The van der Waals surface area contributed by atoms with Gasteiger partial charge in [-0.2, -0.15) is 0 Å². The molecule has 2 amide bonds. The molecule has 3 rings (SSSR count). The molecule has 36 heavy (non-hydrogen) atoms. The van der Waals surface area contributed by atoms with E-state index in [-0.39, 0.29) is 33.1 Å². The number of anilines is 1. The number of nitrogens with zero attached hydrogens (tertiary/aromatic N) is 2. The van der Waals surface area contributed by atoms with Crippen molar-refractivity contribution < 1.29 is 18.0 Å². The van der Waals surface area contributed by atoms with Gasteiger partial charge in [-0.05, 0) is 43.7 Å². The lowest BCUT2D eigenvalue weighted by molar-refractivity contribution is -0.139.